The van der Waals surface area contributed by atoms with Crippen LogP contribution in [0.25, 0.3) is 6.08 Å². The molecule has 1 aliphatic heterocycles. The highest BCUT2D eigenvalue weighted by molar-refractivity contribution is 7.07. The Bertz CT molecular complexity index is 1500. The first-order chi connectivity index (χ1) is 17.4. The molecule has 2 aromatic carbocycles. The number of benzene rings is 2. The molecule has 36 heavy (non-hydrogen) atoms. The number of thiazole rings is 1. The molecule has 0 unspecified atom stereocenters. The lowest BCUT2D eigenvalue weighted by molar-refractivity contribution is -0.139. The molecule has 0 aliphatic carbocycles. The highest BCUT2D eigenvalue weighted by Gasteiger charge is 2.34. The zero-order valence-electron chi connectivity index (χ0n) is 20.9. The van der Waals surface area contributed by atoms with Gasteiger partial charge in [-0.3, -0.25) is 9.36 Å². The van der Waals surface area contributed by atoms with Gasteiger partial charge in [-0.25, -0.2) is 9.79 Å². The Morgan fingerprint density at radius 2 is 1.89 bits per heavy atom. The van der Waals surface area contributed by atoms with E-state index in [4.69, 9.17) is 18.9 Å². The number of allylic oxidation sites excluding steroid dienone is 1. The largest absolute Gasteiger partial charge is 0.497 e. The number of hydrogen-bond donors (Lipinski definition) is 0. The Morgan fingerprint density at radius 1 is 1.08 bits per heavy atom. The summed E-state index contributed by atoms with van der Waals surface area (Å²) in [5.41, 5.74) is 2.06. The van der Waals surface area contributed by atoms with E-state index in [9.17, 15) is 9.59 Å². The number of carbonyl (C=O) groups excluding carboxylic acids is 1. The van der Waals surface area contributed by atoms with E-state index >= 15 is 0 Å². The summed E-state index contributed by atoms with van der Waals surface area (Å²) in [6.45, 7) is 6.01. The van der Waals surface area contributed by atoms with Crippen LogP contribution in [0.2, 0.25) is 0 Å². The van der Waals surface area contributed by atoms with Gasteiger partial charge in [0, 0.05) is 0 Å². The van der Waals surface area contributed by atoms with Crippen LogP contribution in [0.5, 0.6) is 17.2 Å². The molecule has 0 amide bonds. The first kappa shape index (κ1) is 25.2. The third-order valence-electron chi connectivity index (χ3n) is 5.71. The molecule has 1 aliphatic rings. The minimum atomic E-state index is -0.738. The average molecular weight is 509 g/mol. The van der Waals surface area contributed by atoms with Crippen molar-refractivity contribution in [2.45, 2.75) is 26.8 Å². The summed E-state index contributed by atoms with van der Waals surface area (Å²) in [7, 11) is 3.16. The Morgan fingerprint density at radius 3 is 2.58 bits per heavy atom. The van der Waals surface area contributed by atoms with Gasteiger partial charge in [-0.05, 0) is 62.2 Å². The van der Waals surface area contributed by atoms with Gasteiger partial charge in [-0.2, -0.15) is 0 Å². The second-order valence-corrected chi connectivity index (χ2v) is 8.93. The minimum absolute atomic E-state index is 0.204. The number of rotatable bonds is 8. The zero-order chi connectivity index (χ0) is 25.8. The molecule has 4 rings (SSSR count). The third kappa shape index (κ3) is 4.79. The van der Waals surface area contributed by atoms with E-state index in [1.165, 1.54) is 11.3 Å². The Balaban J connectivity index is 1.95. The van der Waals surface area contributed by atoms with Crippen molar-refractivity contribution in [3.63, 3.8) is 0 Å². The van der Waals surface area contributed by atoms with E-state index in [1.807, 2.05) is 37.3 Å². The van der Waals surface area contributed by atoms with Crippen LogP contribution in [-0.2, 0) is 9.53 Å². The maximum Gasteiger partial charge on any atom is 0.338 e. The van der Waals surface area contributed by atoms with Gasteiger partial charge in [0.1, 0.15) is 5.75 Å². The third-order valence-corrected chi connectivity index (χ3v) is 6.69. The fraction of sp³-hybridized carbons (Fsp3) is 0.296. The summed E-state index contributed by atoms with van der Waals surface area (Å²) in [6.07, 6.45) is 1.80. The molecule has 0 bridgehead atoms. The average Bonchev–Trinajstić information content (AvgIpc) is 3.17. The fourth-order valence-electron chi connectivity index (χ4n) is 4.12. The lowest BCUT2D eigenvalue weighted by atomic mass is 9.95. The Hall–Kier alpha value is -3.85. The molecule has 1 aromatic heterocycles. The zero-order valence-corrected chi connectivity index (χ0v) is 21.7. The van der Waals surface area contributed by atoms with Crippen molar-refractivity contribution >= 4 is 23.4 Å². The monoisotopic (exact) mass is 508 g/mol. The standard InChI is InChI=1S/C27H28N2O6S/c1-6-34-21-15-18(11-12-20(21)33-5)24-23(26(31)35-7-2)16(3)28-27-29(24)25(30)22(36-27)14-17-9-8-10-19(13-17)32-4/h8-15,24H,6-7H2,1-5H3/b22-14+/t24-/m1/s1. The highest BCUT2D eigenvalue weighted by Crippen LogP contribution is 2.36. The van der Waals surface area contributed by atoms with E-state index in [2.05, 4.69) is 4.99 Å². The van der Waals surface area contributed by atoms with Crippen molar-refractivity contribution in [1.82, 2.24) is 4.57 Å². The highest BCUT2D eigenvalue weighted by atomic mass is 32.1. The molecule has 0 saturated carbocycles. The number of carbonyl (C=O) groups is 1. The van der Waals surface area contributed by atoms with Gasteiger partial charge < -0.3 is 18.9 Å². The molecular weight excluding hydrogens is 480 g/mol. The lowest BCUT2D eigenvalue weighted by Gasteiger charge is -2.25. The van der Waals surface area contributed by atoms with Gasteiger partial charge in [0.25, 0.3) is 5.56 Å². The molecule has 0 radical (unpaired) electrons. The fourth-order valence-corrected chi connectivity index (χ4v) is 5.17. The summed E-state index contributed by atoms with van der Waals surface area (Å²) < 4.78 is 23.9. The molecule has 0 fully saturated rings. The summed E-state index contributed by atoms with van der Waals surface area (Å²) in [6, 6.07) is 12.1. The van der Waals surface area contributed by atoms with E-state index in [0.29, 0.717) is 50.0 Å². The van der Waals surface area contributed by atoms with Gasteiger partial charge in [0.2, 0.25) is 0 Å². The summed E-state index contributed by atoms with van der Waals surface area (Å²) in [4.78, 5) is 31.9. The van der Waals surface area contributed by atoms with Crippen molar-refractivity contribution < 1.29 is 23.7 Å². The number of methoxy groups -OCH3 is 2. The van der Waals surface area contributed by atoms with Crippen LogP contribution in [0.3, 0.4) is 0 Å². The topological polar surface area (TPSA) is 88.4 Å². The molecule has 2 heterocycles. The first-order valence-electron chi connectivity index (χ1n) is 11.6. The molecular formula is C27H28N2O6S. The van der Waals surface area contributed by atoms with Crippen LogP contribution in [-0.4, -0.2) is 38.0 Å². The first-order valence-corrected chi connectivity index (χ1v) is 12.4. The van der Waals surface area contributed by atoms with Crippen LogP contribution in [0.15, 0.2) is 63.5 Å². The van der Waals surface area contributed by atoms with Gasteiger partial charge in [-0.1, -0.05) is 29.5 Å². The minimum Gasteiger partial charge on any atom is -0.497 e. The van der Waals surface area contributed by atoms with Gasteiger partial charge in [0.05, 0.1) is 49.3 Å². The van der Waals surface area contributed by atoms with Crippen molar-refractivity contribution in [2.24, 2.45) is 4.99 Å². The number of nitrogens with zero attached hydrogens (tertiary/aromatic N) is 2. The van der Waals surface area contributed by atoms with Gasteiger partial charge >= 0.3 is 5.97 Å². The summed E-state index contributed by atoms with van der Waals surface area (Å²) in [5.74, 6) is 1.26. The maximum atomic E-state index is 13.7. The van der Waals surface area contributed by atoms with E-state index in [-0.39, 0.29) is 12.2 Å². The van der Waals surface area contributed by atoms with Crippen molar-refractivity contribution in [3.8, 4) is 17.2 Å². The SMILES string of the molecule is CCOC(=O)C1=C(C)N=c2s/c(=C/c3cccc(OC)c3)c(=O)n2[C@@H]1c1ccc(OC)c(OCC)c1. The van der Waals surface area contributed by atoms with Crippen molar-refractivity contribution in [1.29, 1.82) is 0 Å². The van der Waals surface area contributed by atoms with Crippen LogP contribution in [0, 0.1) is 0 Å². The number of fused-ring (bicyclic) bond motifs is 1. The smallest absolute Gasteiger partial charge is 0.338 e. The molecule has 1 atom stereocenters. The lowest BCUT2D eigenvalue weighted by Crippen LogP contribution is -2.40. The number of esters is 1. The van der Waals surface area contributed by atoms with Crippen LogP contribution in [0.4, 0.5) is 0 Å². The number of hydrogen-bond acceptors (Lipinski definition) is 8. The second-order valence-electron chi connectivity index (χ2n) is 7.92. The Kier molecular flexibility index (Phi) is 7.59. The van der Waals surface area contributed by atoms with Gasteiger partial charge in [-0.15, -0.1) is 0 Å². The van der Waals surface area contributed by atoms with E-state index < -0.39 is 12.0 Å². The van der Waals surface area contributed by atoms with Crippen molar-refractivity contribution in [3.05, 3.63) is 84.5 Å². The molecule has 3 aromatic rings. The molecule has 0 N–H and O–H groups in total. The number of ether oxygens (including phenoxy) is 4. The molecule has 0 saturated heterocycles. The maximum absolute atomic E-state index is 13.7. The quantitative estimate of drug-likeness (QED) is 0.434. The van der Waals surface area contributed by atoms with E-state index in [0.717, 1.165) is 5.56 Å². The molecule has 188 valence electrons. The van der Waals surface area contributed by atoms with Crippen molar-refractivity contribution in [2.75, 3.05) is 27.4 Å². The van der Waals surface area contributed by atoms with E-state index in [1.54, 1.807) is 50.8 Å². The normalized spacial score (nSPS) is 15.2. The Labute approximate surface area is 212 Å². The second kappa shape index (κ2) is 10.8. The van der Waals surface area contributed by atoms with Gasteiger partial charge in [0.15, 0.2) is 16.3 Å². The van der Waals surface area contributed by atoms with Crippen LogP contribution in [0.1, 0.15) is 37.9 Å². The molecule has 0 spiro atoms. The summed E-state index contributed by atoms with van der Waals surface area (Å²) in [5, 5.41) is 0. The number of aromatic nitrogens is 1. The molecule has 8 nitrogen and oxygen atoms in total. The predicted molar refractivity (Wildman–Crippen MR) is 138 cm³/mol. The summed E-state index contributed by atoms with van der Waals surface area (Å²) >= 11 is 1.27. The molecule has 9 heteroatoms. The predicted octanol–water partition coefficient (Wildman–Crippen LogP) is 3.21. The van der Waals surface area contributed by atoms with Crippen LogP contribution >= 0.6 is 11.3 Å². The van der Waals surface area contributed by atoms with Crippen LogP contribution < -0.4 is 29.1 Å².